The van der Waals surface area contributed by atoms with Gasteiger partial charge in [-0.05, 0) is 19.3 Å². The summed E-state index contributed by atoms with van der Waals surface area (Å²) in [5.74, 6) is 0.164. The van der Waals surface area contributed by atoms with E-state index in [1.54, 1.807) is 6.92 Å². The number of aryl methyl sites for hydroxylation is 1. The summed E-state index contributed by atoms with van der Waals surface area (Å²) in [5, 5.41) is 15.7. The molecule has 19 heavy (non-hydrogen) atoms. The van der Waals surface area contributed by atoms with Crippen molar-refractivity contribution in [3.63, 3.8) is 0 Å². The van der Waals surface area contributed by atoms with Crippen LogP contribution >= 0.6 is 0 Å². The van der Waals surface area contributed by atoms with Crippen molar-refractivity contribution in [1.29, 1.82) is 0 Å². The number of nitrogens with zero attached hydrogens (tertiary/aromatic N) is 3. The third-order valence-electron chi connectivity index (χ3n) is 2.49. The molecule has 0 aromatic carbocycles. The first-order valence-electron chi connectivity index (χ1n) is 6.19. The SMILES string of the molecule is CC(=O)N[C@@H](CC(C)C)c1nc(C)nn1CC(=O)O. The summed E-state index contributed by atoms with van der Waals surface area (Å²) < 4.78 is 1.33. The lowest BCUT2D eigenvalue weighted by atomic mass is 10.0. The van der Waals surface area contributed by atoms with E-state index in [0.29, 0.717) is 24.0 Å². The number of carbonyl (C=O) groups is 2. The van der Waals surface area contributed by atoms with Gasteiger partial charge in [0.15, 0.2) is 0 Å². The lowest BCUT2D eigenvalue weighted by Gasteiger charge is -2.19. The third-order valence-corrected chi connectivity index (χ3v) is 2.49. The number of hydrogen-bond acceptors (Lipinski definition) is 4. The predicted molar refractivity (Wildman–Crippen MR) is 68.4 cm³/mol. The molecule has 0 saturated carbocycles. The highest BCUT2D eigenvalue weighted by Gasteiger charge is 2.22. The molecule has 0 fully saturated rings. The van der Waals surface area contributed by atoms with E-state index >= 15 is 0 Å². The molecule has 0 aliphatic rings. The van der Waals surface area contributed by atoms with Crippen LogP contribution in [0, 0.1) is 12.8 Å². The minimum Gasteiger partial charge on any atom is -0.480 e. The fourth-order valence-electron chi connectivity index (χ4n) is 1.92. The molecule has 1 aromatic heterocycles. The van der Waals surface area contributed by atoms with Gasteiger partial charge in [-0.1, -0.05) is 13.8 Å². The fourth-order valence-corrected chi connectivity index (χ4v) is 1.92. The van der Waals surface area contributed by atoms with Crippen molar-refractivity contribution in [2.75, 3.05) is 0 Å². The van der Waals surface area contributed by atoms with E-state index in [1.165, 1.54) is 11.6 Å². The van der Waals surface area contributed by atoms with Crippen LogP contribution in [0.5, 0.6) is 0 Å². The second-order valence-electron chi connectivity index (χ2n) is 4.95. The van der Waals surface area contributed by atoms with Gasteiger partial charge in [0, 0.05) is 6.92 Å². The molecule has 106 valence electrons. The van der Waals surface area contributed by atoms with E-state index in [-0.39, 0.29) is 18.5 Å². The minimum atomic E-state index is -0.989. The van der Waals surface area contributed by atoms with Gasteiger partial charge >= 0.3 is 5.97 Å². The normalized spacial score (nSPS) is 12.5. The Bertz CT molecular complexity index is 468. The van der Waals surface area contributed by atoms with E-state index < -0.39 is 5.97 Å². The Morgan fingerprint density at radius 2 is 2.05 bits per heavy atom. The molecule has 0 radical (unpaired) electrons. The van der Waals surface area contributed by atoms with Crippen molar-refractivity contribution >= 4 is 11.9 Å². The molecule has 7 nitrogen and oxygen atoms in total. The molecule has 0 aliphatic carbocycles. The molecule has 0 spiro atoms. The van der Waals surface area contributed by atoms with Gasteiger partial charge in [-0.15, -0.1) is 0 Å². The second kappa shape index (κ2) is 6.31. The molecular formula is C12H20N4O3. The van der Waals surface area contributed by atoms with Crippen molar-refractivity contribution in [1.82, 2.24) is 20.1 Å². The molecule has 0 unspecified atom stereocenters. The van der Waals surface area contributed by atoms with Crippen LogP contribution in [0.3, 0.4) is 0 Å². The standard InChI is InChI=1S/C12H20N4O3/c1-7(2)5-10(14-9(4)17)12-13-8(3)15-16(12)6-11(18)19/h7,10H,5-6H2,1-4H3,(H,14,17)(H,18,19)/t10-/m0/s1. The van der Waals surface area contributed by atoms with Crippen molar-refractivity contribution in [2.24, 2.45) is 5.92 Å². The molecule has 2 N–H and O–H groups in total. The van der Waals surface area contributed by atoms with Crippen LogP contribution < -0.4 is 5.32 Å². The maximum Gasteiger partial charge on any atom is 0.325 e. The van der Waals surface area contributed by atoms with Crippen molar-refractivity contribution in [3.05, 3.63) is 11.6 Å². The smallest absolute Gasteiger partial charge is 0.325 e. The van der Waals surface area contributed by atoms with E-state index in [9.17, 15) is 9.59 Å². The Kier molecular flexibility index (Phi) is 5.02. The van der Waals surface area contributed by atoms with Gasteiger partial charge < -0.3 is 10.4 Å². The molecular weight excluding hydrogens is 248 g/mol. The Hall–Kier alpha value is -1.92. The number of carboxylic acid groups (broad SMARTS) is 1. The van der Waals surface area contributed by atoms with Gasteiger partial charge in [0.05, 0.1) is 6.04 Å². The number of carbonyl (C=O) groups excluding carboxylic acids is 1. The maximum absolute atomic E-state index is 11.3. The predicted octanol–water partition coefficient (Wildman–Crippen LogP) is 0.894. The van der Waals surface area contributed by atoms with Crippen molar-refractivity contribution in [2.45, 2.75) is 46.7 Å². The number of carboxylic acids is 1. The van der Waals surface area contributed by atoms with Crippen LogP contribution in [0.25, 0.3) is 0 Å². The van der Waals surface area contributed by atoms with Crippen LogP contribution in [-0.2, 0) is 16.1 Å². The third kappa shape index (κ3) is 4.69. The lowest BCUT2D eigenvalue weighted by Crippen LogP contribution is -2.30. The topological polar surface area (TPSA) is 97.1 Å². The quantitative estimate of drug-likeness (QED) is 0.798. The molecule has 0 bridgehead atoms. The Morgan fingerprint density at radius 3 is 2.53 bits per heavy atom. The van der Waals surface area contributed by atoms with Crippen LogP contribution in [0.2, 0.25) is 0 Å². The minimum absolute atomic E-state index is 0.173. The number of amides is 1. The van der Waals surface area contributed by atoms with Crippen molar-refractivity contribution < 1.29 is 14.7 Å². The summed E-state index contributed by atoms with van der Waals surface area (Å²) in [5.41, 5.74) is 0. The lowest BCUT2D eigenvalue weighted by molar-refractivity contribution is -0.138. The van der Waals surface area contributed by atoms with Gasteiger partial charge in [-0.3, -0.25) is 9.59 Å². The number of nitrogens with one attached hydrogen (secondary N) is 1. The number of aliphatic carboxylic acids is 1. The van der Waals surface area contributed by atoms with Gasteiger partial charge in [-0.25, -0.2) is 9.67 Å². The molecule has 0 aliphatic heterocycles. The van der Waals surface area contributed by atoms with Crippen LogP contribution in [0.4, 0.5) is 0 Å². The largest absolute Gasteiger partial charge is 0.480 e. The van der Waals surface area contributed by atoms with E-state index in [4.69, 9.17) is 5.11 Å². The average molecular weight is 268 g/mol. The Balaban J connectivity index is 3.05. The molecule has 1 amide bonds. The van der Waals surface area contributed by atoms with Crippen LogP contribution in [0.15, 0.2) is 0 Å². The summed E-state index contributed by atoms with van der Waals surface area (Å²) in [6.07, 6.45) is 0.678. The highest BCUT2D eigenvalue weighted by Crippen LogP contribution is 2.20. The van der Waals surface area contributed by atoms with Gasteiger partial charge in [-0.2, -0.15) is 5.10 Å². The van der Waals surface area contributed by atoms with Crippen LogP contribution in [-0.4, -0.2) is 31.7 Å². The van der Waals surface area contributed by atoms with Gasteiger partial charge in [0.1, 0.15) is 18.2 Å². The zero-order chi connectivity index (χ0) is 14.6. The summed E-state index contributed by atoms with van der Waals surface area (Å²) in [7, 11) is 0. The highest BCUT2D eigenvalue weighted by atomic mass is 16.4. The number of hydrogen-bond donors (Lipinski definition) is 2. The molecule has 0 saturated heterocycles. The first kappa shape index (κ1) is 15.1. The van der Waals surface area contributed by atoms with Gasteiger partial charge in [0.25, 0.3) is 0 Å². The summed E-state index contributed by atoms with van der Waals surface area (Å²) in [6.45, 7) is 6.92. The second-order valence-corrected chi connectivity index (χ2v) is 4.95. The van der Waals surface area contributed by atoms with Gasteiger partial charge in [0.2, 0.25) is 5.91 Å². The molecule has 7 heteroatoms. The summed E-state index contributed by atoms with van der Waals surface area (Å²) >= 11 is 0. The monoisotopic (exact) mass is 268 g/mol. The first-order valence-corrected chi connectivity index (χ1v) is 6.19. The first-order chi connectivity index (χ1) is 8.79. The zero-order valence-electron chi connectivity index (χ0n) is 11.7. The summed E-state index contributed by atoms with van der Waals surface area (Å²) in [4.78, 5) is 26.3. The maximum atomic E-state index is 11.3. The Morgan fingerprint density at radius 1 is 1.42 bits per heavy atom. The summed E-state index contributed by atoms with van der Waals surface area (Å²) in [6, 6.07) is -0.321. The Labute approximate surface area is 112 Å². The highest BCUT2D eigenvalue weighted by molar-refractivity contribution is 5.73. The molecule has 1 aromatic rings. The van der Waals surface area contributed by atoms with E-state index in [1.807, 2.05) is 13.8 Å². The van der Waals surface area contributed by atoms with E-state index in [0.717, 1.165) is 0 Å². The molecule has 1 atom stereocenters. The zero-order valence-corrected chi connectivity index (χ0v) is 11.7. The van der Waals surface area contributed by atoms with Crippen molar-refractivity contribution in [3.8, 4) is 0 Å². The molecule has 1 rings (SSSR count). The number of rotatable bonds is 6. The van der Waals surface area contributed by atoms with Crippen LogP contribution in [0.1, 0.15) is 44.9 Å². The fraction of sp³-hybridized carbons (Fsp3) is 0.667. The number of aromatic nitrogens is 3. The van der Waals surface area contributed by atoms with E-state index in [2.05, 4.69) is 15.4 Å². The average Bonchev–Trinajstić information content (AvgIpc) is 2.55. The molecule has 1 heterocycles.